The van der Waals surface area contributed by atoms with Gasteiger partial charge in [0.25, 0.3) is 6.02 Å². The Labute approximate surface area is 61.3 Å². The molecule has 0 aromatic carbocycles. The Morgan fingerprint density at radius 1 is 1.60 bits per heavy atom. The van der Waals surface area contributed by atoms with Gasteiger partial charge in [0.05, 0.1) is 6.04 Å². The lowest BCUT2D eigenvalue weighted by Gasteiger charge is -2.21. The number of ether oxygens (including phenoxy) is 1. The molecule has 2 N–H and O–H groups in total. The van der Waals surface area contributed by atoms with E-state index in [1.54, 1.807) is 0 Å². The van der Waals surface area contributed by atoms with Gasteiger partial charge < -0.3 is 10.5 Å². The van der Waals surface area contributed by atoms with Gasteiger partial charge in [-0.2, -0.15) is 0 Å². The second-order valence-electron chi connectivity index (χ2n) is 3.66. The molecule has 10 heavy (non-hydrogen) atoms. The van der Waals surface area contributed by atoms with Crippen molar-refractivity contribution >= 4 is 6.02 Å². The lowest BCUT2D eigenvalue weighted by atomic mass is 9.88. The van der Waals surface area contributed by atoms with E-state index in [4.69, 9.17) is 10.5 Å². The lowest BCUT2D eigenvalue weighted by Crippen LogP contribution is -2.25. The number of amidine groups is 1. The fraction of sp³-hybridized carbons (Fsp3) is 0.857. The summed E-state index contributed by atoms with van der Waals surface area (Å²) in [7, 11) is 0. The fourth-order valence-electron chi connectivity index (χ4n) is 0.836. The SMILES string of the molecule is CC(C)(C)C1COC(N)=N1. The topological polar surface area (TPSA) is 47.6 Å². The first-order chi connectivity index (χ1) is 4.50. The molecule has 1 aliphatic heterocycles. The third-order valence-corrected chi connectivity index (χ3v) is 1.67. The van der Waals surface area contributed by atoms with Crippen LogP contribution in [-0.4, -0.2) is 18.7 Å². The average molecular weight is 142 g/mol. The van der Waals surface area contributed by atoms with Crippen molar-refractivity contribution < 1.29 is 4.74 Å². The highest BCUT2D eigenvalue weighted by Gasteiger charge is 2.28. The number of aliphatic imine (C=N–C) groups is 1. The smallest absolute Gasteiger partial charge is 0.282 e. The first-order valence-electron chi connectivity index (χ1n) is 3.46. The van der Waals surface area contributed by atoms with Gasteiger partial charge in [-0.25, -0.2) is 4.99 Å². The van der Waals surface area contributed by atoms with Crippen LogP contribution in [0.5, 0.6) is 0 Å². The zero-order chi connectivity index (χ0) is 7.78. The summed E-state index contributed by atoms with van der Waals surface area (Å²) in [4.78, 5) is 4.13. The molecule has 0 aromatic heterocycles. The van der Waals surface area contributed by atoms with Crippen LogP contribution >= 0.6 is 0 Å². The van der Waals surface area contributed by atoms with E-state index in [1.807, 2.05) is 0 Å². The molecule has 0 spiro atoms. The van der Waals surface area contributed by atoms with Crippen LogP contribution in [0.4, 0.5) is 0 Å². The summed E-state index contributed by atoms with van der Waals surface area (Å²) in [5.41, 5.74) is 5.52. The maximum atomic E-state index is 5.35. The van der Waals surface area contributed by atoms with Gasteiger partial charge in [-0.1, -0.05) is 20.8 Å². The Morgan fingerprint density at radius 3 is 2.40 bits per heavy atom. The normalized spacial score (nSPS) is 25.9. The summed E-state index contributed by atoms with van der Waals surface area (Å²) < 4.78 is 5.02. The first kappa shape index (κ1) is 7.38. The Kier molecular flexibility index (Phi) is 1.58. The second kappa shape index (κ2) is 2.15. The molecule has 1 rings (SSSR count). The third-order valence-electron chi connectivity index (χ3n) is 1.67. The standard InChI is InChI=1S/C7H14N2O/c1-7(2,3)5-4-10-6(8)9-5/h5H,4H2,1-3H3,(H2,8,9). The van der Waals surface area contributed by atoms with Crippen molar-refractivity contribution in [3.63, 3.8) is 0 Å². The van der Waals surface area contributed by atoms with Gasteiger partial charge in [0.1, 0.15) is 6.61 Å². The van der Waals surface area contributed by atoms with Crippen LogP contribution in [0.2, 0.25) is 0 Å². The second-order valence-corrected chi connectivity index (χ2v) is 3.66. The van der Waals surface area contributed by atoms with Crippen LogP contribution < -0.4 is 5.73 Å². The highest BCUT2D eigenvalue weighted by atomic mass is 16.5. The third kappa shape index (κ3) is 1.40. The summed E-state index contributed by atoms with van der Waals surface area (Å²) in [6.07, 6.45) is 0. The van der Waals surface area contributed by atoms with E-state index in [-0.39, 0.29) is 11.5 Å². The van der Waals surface area contributed by atoms with Crippen molar-refractivity contribution in [1.29, 1.82) is 0 Å². The molecular weight excluding hydrogens is 128 g/mol. The minimum Gasteiger partial charge on any atom is -0.463 e. The molecule has 1 heterocycles. The highest BCUT2D eigenvalue weighted by molar-refractivity contribution is 5.73. The van der Waals surface area contributed by atoms with E-state index < -0.39 is 0 Å². The van der Waals surface area contributed by atoms with Gasteiger partial charge in [-0.05, 0) is 5.41 Å². The Balaban J connectivity index is 2.61. The monoisotopic (exact) mass is 142 g/mol. The Hall–Kier alpha value is -0.730. The van der Waals surface area contributed by atoms with Gasteiger partial charge in [-0.15, -0.1) is 0 Å². The summed E-state index contributed by atoms with van der Waals surface area (Å²) in [5, 5.41) is 0. The maximum absolute atomic E-state index is 5.35. The zero-order valence-corrected chi connectivity index (χ0v) is 6.72. The Bertz CT molecular complexity index is 157. The van der Waals surface area contributed by atoms with Gasteiger partial charge in [0.2, 0.25) is 0 Å². The van der Waals surface area contributed by atoms with Crippen LogP contribution in [-0.2, 0) is 4.74 Å². The van der Waals surface area contributed by atoms with Crippen LogP contribution in [0.1, 0.15) is 20.8 Å². The molecule has 0 saturated heterocycles. The van der Waals surface area contributed by atoms with E-state index in [0.717, 1.165) is 0 Å². The molecule has 0 saturated carbocycles. The number of nitrogens with two attached hydrogens (primary N) is 1. The van der Waals surface area contributed by atoms with E-state index in [1.165, 1.54) is 0 Å². The molecular formula is C7H14N2O. The minimum atomic E-state index is 0.168. The molecule has 0 amide bonds. The predicted octanol–water partition coefficient (Wildman–Crippen LogP) is 0.746. The highest BCUT2D eigenvalue weighted by Crippen LogP contribution is 2.24. The van der Waals surface area contributed by atoms with Crippen LogP contribution in [0.15, 0.2) is 4.99 Å². The molecule has 0 aliphatic carbocycles. The molecule has 1 unspecified atom stereocenters. The van der Waals surface area contributed by atoms with Crippen molar-refractivity contribution in [2.75, 3.05) is 6.61 Å². The van der Waals surface area contributed by atoms with E-state index >= 15 is 0 Å². The number of hydrogen-bond acceptors (Lipinski definition) is 3. The molecule has 0 aromatic rings. The Morgan fingerprint density at radius 2 is 2.20 bits per heavy atom. The first-order valence-corrected chi connectivity index (χ1v) is 3.46. The van der Waals surface area contributed by atoms with E-state index in [0.29, 0.717) is 12.6 Å². The molecule has 1 atom stereocenters. The molecule has 0 fully saturated rings. The maximum Gasteiger partial charge on any atom is 0.282 e. The van der Waals surface area contributed by atoms with Gasteiger partial charge in [0, 0.05) is 0 Å². The van der Waals surface area contributed by atoms with Gasteiger partial charge in [-0.3, -0.25) is 0 Å². The molecule has 3 heteroatoms. The van der Waals surface area contributed by atoms with Gasteiger partial charge in [0.15, 0.2) is 0 Å². The molecule has 0 bridgehead atoms. The van der Waals surface area contributed by atoms with Crippen molar-refractivity contribution in [2.45, 2.75) is 26.8 Å². The van der Waals surface area contributed by atoms with Crippen molar-refractivity contribution in [2.24, 2.45) is 16.1 Å². The van der Waals surface area contributed by atoms with Crippen LogP contribution in [0.25, 0.3) is 0 Å². The molecule has 0 radical (unpaired) electrons. The van der Waals surface area contributed by atoms with Gasteiger partial charge >= 0.3 is 0 Å². The quantitative estimate of drug-likeness (QED) is 0.542. The summed E-state index contributed by atoms with van der Waals surface area (Å²) >= 11 is 0. The molecule has 58 valence electrons. The van der Waals surface area contributed by atoms with E-state index in [9.17, 15) is 0 Å². The molecule has 1 aliphatic rings. The minimum absolute atomic E-state index is 0.168. The number of hydrogen-bond donors (Lipinski definition) is 1. The largest absolute Gasteiger partial charge is 0.463 e. The molecule has 3 nitrogen and oxygen atoms in total. The summed E-state index contributed by atoms with van der Waals surface area (Å²) in [5.74, 6) is 0. The van der Waals surface area contributed by atoms with Crippen LogP contribution in [0, 0.1) is 5.41 Å². The summed E-state index contributed by atoms with van der Waals surface area (Å²) in [6.45, 7) is 7.02. The van der Waals surface area contributed by atoms with E-state index in [2.05, 4.69) is 25.8 Å². The zero-order valence-electron chi connectivity index (χ0n) is 6.72. The average Bonchev–Trinajstić information content (AvgIpc) is 2.11. The summed E-state index contributed by atoms with van der Waals surface area (Å²) in [6, 6.07) is 0.562. The lowest BCUT2D eigenvalue weighted by molar-refractivity contribution is 0.234. The van der Waals surface area contributed by atoms with Crippen LogP contribution in [0.3, 0.4) is 0 Å². The van der Waals surface area contributed by atoms with Crippen molar-refractivity contribution in [3.8, 4) is 0 Å². The number of rotatable bonds is 0. The predicted molar refractivity (Wildman–Crippen MR) is 40.8 cm³/mol. The fourth-order valence-corrected chi connectivity index (χ4v) is 0.836. The van der Waals surface area contributed by atoms with Crippen molar-refractivity contribution in [1.82, 2.24) is 0 Å². The van der Waals surface area contributed by atoms with Crippen molar-refractivity contribution in [3.05, 3.63) is 0 Å². The number of nitrogens with zero attached hydrogens (tertiary/aromatic N) is 1.